The summed E-state index contributed by atoms with van der Waals surface area (Å²) in [7, 11) is 1.75. The molecule has 8 heteroatoms. The number of aryl methyl sites for hydroxylation is 4. The third-order valence-corrected chi connectivity index (χ3v) is 4.09. The number of carbonyl (C=O) groups is 2. The van der Waals surface area contributed by atoms with E-state index in [9.17, 15) is 9.59 Å². The largest absolute Gasteiger partial charge is 0.288 e. The van der Waals surface area contributed by atoms with Crippen LogP contribution in [0.4, 0.5) is 11.6 Å². The van der Waals surface area contributed by atoms with E-state index >= 15 is 0 Å². The van der Waals surface area contributed by atoms with Crippen LogP contribution in [0, 0.1) is 20.8 Å². The van der Waals surface area contributed by atoms with E-state index < -0.39 is 5.91 Å². The van der Waals surface area contributed by atoms with Gasteiger partial charge in [0.05, 0.1) is 5.69 Å². The maximum absolute atomic E-state index is 12.5. The van der Waals surface area contributed by atoms with Gasteiger partial charge in [0.25, 0.3) is 5.91 Å². The second-order valence-corrected chi connectivity index (χ2v) is 6.10. The number of hydrazone groups is 1. The highest BCUT2D eigenvalue weighted by molar-refractivity contribution is 6.44. The predicted octanol–water partition coefficient (Wildman–Crippen LogP) is 1.86. The molecule has 0 fully saturated rings. The van der Waals surface area contributed by atoms with Crippen LogP contribution >= 0.6 is 0 Å². The van der Waals surface area contributed by atoms with Gasteiger partial charge in [-0.15, -0.1) is 5.10 Å². The Morgan fingerprint density at radius 3 is 2.64 bits per heavy atom. The summed E-state index contributed by atoms with van der Waals surface area (Å²) in [6.45, 7) is 5.65. The Hall–Kier alpha value is -3.03. The minimum atomic E-state index is -0.395. The third-order valence-electron chi connectivity index (χ3n) is 4.09. The van der Waals surface area contributed by atoms with Gasteiger partial charge in [-0.1, -0.05) is 12.1 Å². The molecule has 0 bridgehead atoms. The van der Waals surface area contributed by atoms with E-state index in [0.717, 1.165) is 11.1 Å². The number of carbonyl (C=O) groups excluding carboxylic acids is 2. The van der Waals surface area contributed by atoms with Crippen LogP contribution in [0.25, 0.3) is 0 Å². The van der Waals surface area contributed by atoms with Crippen molar-refractivity contribution in [3.05, 3.63) is 35.2 Å². The molecule has 1 aliphatic rings. The molecule has 2 aromatic rings. The lowest BCUT2D eigenvalue weighted by atomic mass is 10.1. The molecule has 0 spiro atoms. The van der Waals surface area contributed by atoms with Crippen molar-refractivity contribution in [2.75, 3.05) is 10.3 Å². The minimum Gasteiger partial charge on any atom is -0.288 e. The zero-order valence-corrected chi connectivity index (χ0v) is 14.7. The molecule has 3 rings (SSSR count). The average Bonchev–Trinajstić information content (AvgIpc) is 2.88. The summed E-state index contributed by atoms with van der Waals surface area (Å²) in [5.74, 6) is 0.390. The highest BCUT2D eigenvalue weighted by atomic mass is 16.2. The lowest BCUT2D eigenvalue weighted by Crippen LogP contribution is -2.36. The van der Waals surface area contributed by atoms with Crippen molar-refractivity contribution in [3.63, 3.8) is 0 Å². The maximum Gasteiger partial charge on any atom is 0.274 e. The third kappa shape index (κ3) is 3.42. The van der Waals surface area contributed by atoms with Gasteiger partial charge in [0.2, 0.25) is 11.9 Å². The number of rotatable bonds is 3. The zero-order chi connectivity index (χ0) is 18.1. The van der Waals surface area contributed by atoms with Crippen LogP contribution in [-0.4, -0.2) is 32.3 Å². The van der Waals surface area contributed by atoms with Crippen molar-refractivity contribution in [2.45, 2.75) is 33.6 Å². The standard InChI is InChI=1S/C17H20N6O2/c1-10-5-6-11(2)14(9-10)23-15(24)8-7-13(20-23)16(25)19-17-18-12(3)22(4)21-17/h5-6,9H,7-8H2,1-4H3,(H,19,21,25). The fourth-order valence-corrected chi connectivity index (χ4v) is 2.54. The second kappa shape index (κ2) is 6.46. The molecule has 0 unspecified atom stereocenters. The Bertz CT molecular complexity index is 864. The van der Waals surface area contributed by atoms with Gasteiger partial charge in [0, 0.05) is 19.9 Å². The second-order valence-electron chi connectivity index (χ2n) is 6.10. The Morgan fingerprint density at radius 2 is 1.96 bits per heavy atom. The molecule has 1 aromatic carbocycles. The summed E-state index contributed by atoms with van der Waals surface area (Å²) < 4.78 is 1.57. The molecule has 0 aliphatic carbocycles. The summed E-state index contributed by atoms with van der Waals surface area (Å²) in [4.78, 5) is 28.9. The summed E-state index contributed by atoms with van der Waals surface area (Å²) in [6.07, 6.45) is 0.520. The Morgan fingerprint density at radius 1 is 1.20 bits per heavy atom. The zero-order valence-electron chi connectivity index (χ0n) is 14.7. The van der Waals surface area contributed by atoms with Crippen LogP contribution in [0.5, 0.6) is 0 Å². The monoisotopic (exact) mass is 340 g/mol. The van der Waals surface area contributed by atoms with Gasteiger partial charge < -0.3 is 0 Å². The molecule has 1 aliphatic heterocycles. The molecule has 2 amide bonds. The highest BCUT2D eigenvalue weighted by Crippen LogP contribution is 2.25. The van der Waals surface area contributed by atoms with Crippen molar-refractivity contribution in [2.24, 2.45) is 12.1 Å². The van der Waals surface area contributed by atoms with Gasteiger partial charge >= 0.3 is 0 Å². The van der Waals surface area contributed by atoms with E-state index in [0.29, 0.717) is 11.5 Å². The predicted molar refractivity (Wildman–Crippen MR) is 94.4 cm³/mol. The summed E-state index contributed by atoms with van der Waals surface area (Å²) >= 11 is 0. The minimum absolute atomic E-state index is 0.128. The fourth-order valence-electron chi connectivity index (χ4n) is 2.54. The number of nitrogens with zero attached hydrogens (tertiary/aromatic N) is 5. The molecule has 1 N–H and O–H groups in total. The molecule has 0 atom stereocenters. The number of nitrogens with one attached hydrogen (secondary N) is 1. The van der Waals surface area contributed by atoms with Crippen LogP contribution in [0.1, 0.15) is 29.8 Å². The molecule has 1 aromatic heterocycles. The fraction of sp³-hybridized carbons (Fsp3) is 0.353. The summed E-state index contributed by atoms with van der Waals surface area (Å²) in [5.41, 5.74) is 2.92. The lowest BCUT2D eigenvalue weighted by molar-refractivity contribution is -0.118. The molecule has 2 heterocycles. The van der Waals surface area contributed by atoms with Gasteiger partial charge in [-0.3, -0.25) is 19.6 Å². The first kappa shape index (κ1) is 16.8. The van der Waals surface area contributed by atoms with Crippen LogP contribution in [-0.2, 0) is 16.6 Å². The van der Waals surface area contributed by atoms with E-state index in [1.54, 1.807) is 18.7 Å². The van der Waals surface area contributed by atoms with Crippen molar-refractivity contribution in [3.8, 4) is 0 Å². The van der Waals surface area contributed by atoms with E-state index in [1.165, 1.54) is 5.01 Å². The summed E-state index contributed by atoms with van der Waals surface area (Å²) in [5, 5.41) is 12.3. The average molecular weight is 340 g/mol. The van der Waals surface area contributed by atoms with Crippen LogP contribution < -0.4 is 10.3 Å². The number of aromatic nitrogens is 3. The number of amides is 2. The van der Waals surface area contributed by atoms with E-state index in [4.69, 9.17) is 0 Å². The van der Waals surface area contributed by atoms with Crippen molar-refractivity contribution in [1.82, 2.24) is 14.8 Å². The molecular formula is C17H20N6O2. The molecule has 0 radical (unpaired) electrons. The number of hydrogen-bond acceptors (Lipinski definition) is 5. The molecular weight excluding hydrogens is 320 g/mol. The molecule has 25 heavy (non-hydrogen) atoms. The van der Waals surface area contributed by atoms with Crippen molar-refractivity contribution < 1.29 is 9.59 Å². The van der Waals surface area contributed by atoms with Crippen molar-refractivity contribution >= 4 is 29.2 Å². The Labute approximate surface area is 145 Å². The van der Waals surface area contributed by atoms with E-state index in [2.05, 4.69) is 20.5 Å². The Kier molecular flexibility index (Phi) is 4.35. The highest BCUT2D eigenvalue weighted by Gasteiger charge is 2.27. The first-order chi connectivity index (χ1) is 11.8. The normalized spacial score (nSPS) is 14.5. The first-order valence-corrected chi connectivity index (χ1v) is 8.02. The van der Waals surface area contributed by atoms with Crippen LogP contribution in [0.15, 0.2) is 23.3 Å². The maximum atomic E-state index is 12.5. The van der Waals surface area contributed by atoms with Crippen molar-refractivity contribution in [1.29, 1.82) is 0 Å². The quantitative estimate of drug-likeness (QED) is 0.923. The summed E-state index contributed by atoms with van der Waals surface area (Å²) in [6, 6.07) is 5.79. The Balaban J connectivity index is 1.87. The number of hydrogen-bond donors (Lipinski definition) is 1. The van der Waals surface area contributed by atoms with Gasteiger partial charge in [-0.25, -0.2) is 5.01 Å². The van der Waals surface area contributed by atoms with E-state index in [-0.39, 0.29) is 30.4 Å². The molecule has 8 nitrogen and oxygen atoms in total. The van der Waals surface area contributed by atoms with Gasteiger partial charge in [-0.2, -0.15) is 10.1 Å². The number of anilines is 2. The molecule has 130 valence electrons. The van der Waals surface area contributed by atoms with Crippen LogP contribution in [0.2, 0.25) is 0 Å². The number of benzene rings is 1. The van der Waals surface area contributed by atoms with Crippen LogP contribution in [0.3, 0.4) is 0 Å². The van der Waals surface area contributed by atoms with Gasteiger partial charge in [0.15, 0.2) is 0 Å². The van der Waals surface area contributed by atoms with E-state index in [1.807, 2.05) is 32.0 Å². The topological polar surface area (TPSA) is 92.5 Å². The van der Waals surface area contributed by atoms with Gasteiger partial charge in [0.1, 0.15) is 11.5 Å². The molecule has 0 saturated heterocycles. The smallest absolute Gasteiger partial charge is 0.274 e. The molecule has 0 saturated carbocycles. The first-order valence-electron chi connectivity index (χ1n) is 8.02. The SMILES string of the molecule is Cc1ccc(C)c(N2N=C(C(=O)Nc3nc(C)n(C)n3)CCC2=O)c1. The van der Waals surface area contributed by atoms with Gasteiger partial charge in [-0.05, 0) is 38.0 Å². The lowest BCUT2D eigenvalue weighted by Gasteiger charge is -2.24.